The molecular formula is C13H20N2. The Kier molecular flexibility index (Phi) is 3.39. The van der Waals surface area contributed by atoms with Crippen LogP contribution in [0.4, 0.5) is 0 Å². The van der Waals surface area contributed by atoms with E-state index in [4.69, 9.17) is 5.73 Å². The van der Waals surface area contributed by atoms with Gasteiger partial charge in [-0.25, -0.2) is 0 Å². The van der Waals surface area contributed by atoms with E-state index in [1.54, 1.807) is 0 Å². The van der Waals surface area contributed by atoms with Crippen molar-refractivity contribution in [3.8, 4) is 0 Å². The molecule has 1 aromatic rings. The zero-order valence-corrected chi connectivity index (χ0v) is 9.45. The predicted octanol–water partition coefficient (Wildman–Crippen LogP) is 2.13. The van der Waals surface area contributed by atoms with Crippen molar-refractivity contribution in [3.63, 3.8) is 0 Å². The van der Waals surface area contributed by atoms with E-state index in [2.05, 4.69) is 36.2 Å². The van der Waals surface area contributed by atoms with Gasteiger partial charge in [-0.05, 0) is 31.0 Å². The Balaban J connectivity index is 2.02. The Labute approximate surface area is 92.1 Å². The SMILES string of the molecule is CN(Cc1ccccc1CN)C1CCC1. The van der Waals surface area contributed by atoms with Crippen molar-refractivity contribution in [2.45, 2.75) is 38.4 Å². The van der Waals surface area contributed by atoms with Crippen molar-refractivity contribution in [2.24, 2.45) is 5.73 Å². The van der Waals surface area contributed by atoms with Crippen LogP contribution < -0.4 is 5.73 Å². The average Bonchev–Trinajstić information content (AvgIpc) is 2.15. The second-order valence-corrected chi connectivity index (χ2v) is 4.47. The lowest BCUT2D eigenvalue weighted by Crippen LogP contribution is -2.36. The van der Waals surface area contributed by atoms with Gasteiger partial charge >= 0.3 is 0 Å². The second-order valence-electron chi connectivity index (χ2n) is 4.47. The highest BCUT2D eigenvalue weighted by Gasteiger charge is 2.22. The molecule has 2 nitrogen and oxygen atoms in total. The van der Waals surface area contributed by atoms with Crippen LogP contribution in [0.15, 0.2) is 24.3 Å². The summed E-state index contributed by atoms with van der Waals surface area (Å²) < 4.78 is 0. The summed E-state index contributed by atoms with van der Waals surface area (Å²) >= 11 is 0. The summed E-state index contributed by atoms with van der Waals surface area (Å²) in [4.78, 5) is 2.46. The van der Waals surface area contributed by atoms with E-state index in [9.17, 15) is 0 Å². The topological polar surface area (TPSA) is 29.3 Å². The first-order chi connectivity index (χ1) is 7.31. The molecule has 0 aromatic heterocycles. The van der Waals surface area contributed by atoms with Crippen LogP contribution in [0.5, 0.6) is 0 Å². The summed E-state index contributed by atoms with van der Waals surface area (Å²) in [6, 6.07) is 9.29. The van der Waals surface area contributed by atoms with Crippen LogP contribution >= 0.6 is 0 Å². The van der Waals surface area contributed by atoms with Gasteiger partial charge in [-0.1, -0.05) is 30.7 Å². The van der Waals surface area contributed by atoms with Gasteiger partial charge in [-0.3, -0.25) is 4.90 Å². The Hall–Kier alpha value is -0.860. The van der Waals surface area contributed by atoms with Crippen LogP contribution in [0.3, 0.4) is 0 Å². The molecule has 2 N–H and O–H groups in total. The number of nitrogens with two attached hydrogens (primary N) is 1. The fourth-order valence-corrected chi connectivity index (χ4v) is 2.14. The highest BCUT2D eigenvalue weighted by Crippen LogP contribution is 2.25. The number of hydrogen-bond acceptors (Lipinski definition) is 2. The van der Waals surface area contributed by atoms with Crippen molar-refractivity contribution < 1.29 is 0 Å². The molecule has 0 amide bonds. The Bertz CT molecular complexity index is 318. The average molecular weight is 204 g/mol. The van der Waals surface area contributed by atoms with E-state index in [0.29, 0.717) is 6.54 Å². The molecule has 0 radical (unpaired) electrons. The molecular weight excluding hydrogens is 184 g/mol. The third-order valence-electron chi connectivity index (χ3n) is 3.46. The minimum absolute atomic E-state index is 0.648. The highest BCUT2D eigenvalue weighted by atomic mass is 15.1. The fraction of sp³-hybridized carbons (Fsp3) is 0.538. The maximum atomic E-state index is 5.73. The lowest BCUT2D eigenvalue weighted by atomic mass is 9.91. The minimum Gasteiger partial charge on any atom is -0.326 e. The molecule has 82 valence electrons. The van der Waals surface area contributed by atoms with Gasteiger partial charge in [0.2, 0.25) is 0 Å². The first-order valence-electron chi connectivity index (χ1n) is 5.78. The molecule has 1 fully saturated rings. The van der Waals surface area contributed by atoms with E-state index in [0.717, 1.165) is 12.6 Å². The van der Waals surface area contributed by atoms with Crippen LogP contribution in [0, 0.1) is 0 Å². The monoisotopic (exact) mass is 204 g/mol. The highest BCUT2D eigenvalue weighted by molar-refractivity contribution is 5.26. The zero-order chi connectivity index (χ0) is 10.7. The van der Waals surface area contributed by atoms with Crippen molar-refractivity contribution >= 4 is 0 Å². The van der Waals surface area contributed by atoms with Gasteiger partial charge in [0.15, 0.2) is 0 Å². The fourth-order valence-electron chi connectivity index (χ4n) is 2.14. The lowest BCUT2D eigenvalue weighted by molar-refractivity contribution is 0.152. The molecule has 0 saturated heterocycles. The van der Waals surface area contributed by atoms with Crippen LogP contribution in [-0.2, 0) is 13.1 Å². The van der Waals surface area contributed by atoms with E-state index >= 15 is 0 Å². The first-order valence-corrected chi connectivity index (χ1v) is 5.78. The molecule has 1 aliphatic carbocycles. The maximum absolute atomic E-state index is 5.73. The quantitative estimate of drug-likeness (QED) is 0.814. The molecule has 0 atom stereocenters. The van der Waals surface area contributed by atoms with Crippen LogP contribution in [0.25, 0.3) is 0 Å². The van der Waals surface area contributed by atoms with Gasteiger partial charge in [-0.15, -0.1) is 0 Å². The van der Waals surface area contributed by atoms with E-state index in [-0.39, 0.29) is 0 Å². The molecule has 1 aromatic carbocycles. The molecule has 0 spiro atoms. The van der Waals surface area contributed by atoms with Gasteiger partial charge in [0.1, 0.15) is 0 Å². The zero-order valence-electron chi connectivity index (χ0n) is 9.45. The minimum atomic E-state index is 0.648. The van der Waals surface area contributed by atoms with Crippen molar-refractivity contribution in [1.82, 2.24) is 4.90 Å². The first kappa shape index (κ1) is 10.7. The third-order valence-corrected chi connectivity index (χ3v) is 3.46. The summed E-state index contributed by atoms with van der Waals surface area (Å²) in [6.07, 6.45) is 4.12. The van der Waals surface area contributed by atoms with E-state index in [1.165, 1.54) is 30.4 Å². The molecule has 0 heterocycles. The van der Waals surface area contributed by atoms with Gasteiger partial charge in [-0.2, -0.15) is 0 Å². The molecule has 15 heavy (non-hydrogen) atoms. The van der Waals surface area contributed by atoms with Crippen molar-refractivity contribution in [2.75, 3.05) is 7.05 Å². The Morgan fingerprint density at radius 1 is 1.27 bits per heavy atom. The van der Waals surface area contributed by atoms with Crippen LogP contribution in [0.1, 0.15) is 30.4 Å². The molecule has 1 saturated carbocycles. The molecule has 0 aliphatic heterocycles. The normalized spacial score (nSPS) is 16.7. The van der Waals surface area contributed by atoms with Crippen molar-refractivity contribution in [1.29, 1.82) is 0 Å². The van der Waals surface area contributed by atoms with Gasteiger partial charge in [0, 0.05) is 19.1 Å². The maximum Gasteiger partial charge on any atom is 0.0236 e. The Morgan fingerprint density at radius 2 is 1.93 bits per heavy atom. The third kappa shape index (κ3) is 2.39. The molecule has 0 bridgehead atoms. The number of nitrogens with zero attached hydrogens (tertiary/aromatic N) is 1. The molecule has 0 unspecified atom stereocenters. The lowest BCUT2D eigenvalue weighted by Gasteiger charge is -2.35. The Morgan fingerprint density at radius 3 is 2.47 bits per heavy atom. The molecule has 2 heteroatoms. The largest absolute Gasteiger partial charge is 0.326 e. The van der Waals surface area contributed by atoms with E-state index in [1.807, 2.05) is 0 Å². The number of rotatable bonds is 4. The summed E-state index contributed by atoms with van der Waals surface area (Å²) in [6.45, 7) is 1.69. The van der Waals surface area contributed by atoms with Crippen molar-refractivity contribution in [3.05, 3.63) is 35.4 Å². The summed E-state index contributed by atoms with van der Waals surface area (Å²) in [5.74, 6) is 0. The number of hydrogen-bond donors (Lipinski definition) is 1. The summed E-state index contributed by atoms with van der Waals surface area (Å²) in [5.41, 5.74) is 8.40. The van der Waals surface area contributed by atoms with Crippen LogP contribution in [-0.4, -0.2) is 18.0 Å². The van der Waals surface area contributed by atoms with Crippen LogP contribution in [0.2, 0.25) is 0 Å². The molecule has 1 aliphatic rings. The van der Waals surface area contributed by atoms with Gasteiger partial charge in [0.25, 0.3) is 0 Å². The van der Waals surface area contributed by atoms with E-state index < -0.39 is 0 Å². The summed E-state index contributed by atoms with van der Waals surface area (Å²) in [5, 5.41) is 0. The predicted molar refractivity (Wildman–Crippen MR) is 63.4 cm³/mol. The standard InChI is InChI=1S/C13H20N2/c1-15(13-7-4-8-13)10-12-6-3-2-5-11(12)9-14/h2-3,5-6,13H,4,7-10,14H2,1H3. The number of benzene rings is 1. The molecule has 2 rings (SSSR count). The summed E-state index contributed by atoms with van der Waals surface area (Å²) in [7, 11) is 2.22. The smallest absolute Gasteiger partial charge is 0.0236 e. The van der Waals surface area contributed by atoms with Gasteiger partial charge < -0.3 is 5.73 Å². The second kappa shape index (κ2) is 4.77. The van der Waals surface area contributed by atoms with Gasteiger partial charge in [0.05, 0.1) is 0 Å².